The maximum Gasteiger partial charge on any atom is 0.131 e. The summed E-state index contributed by atoms with van der Waals surface area (Å²) in [4.78, 5) is 8.66. The van der Waals surface area contributed by atoms with Gasteiger partial charge >= 0.3 is 0 Å². The van der Waals surface area contributed by atoms with Crippen molar-refractivity contribution in [1.82, 2.24) is 9.97 Å². The van der Waals surface area contributed by atoms with E-state index >= 15 is 0 Å². The number of hydrogen-bond acceptors (Lipinski definition) is 4. The van der Waals surface area contributed by atoms with Crippen molar-refractivity contribution in [2.24, 2.45) is 0 Å². The van der Waals surface area contributed by atoms with Crippen LogP contribution < -0.4 is 10.6 Å². The van der Waals surface area contributed by atoms with E-state index in [1.54, 1.807) is 6.33 Å². The number of aromatic nitrogens is 2. The van der Waals surface area contributed by atoms with Crippen molar-refractivity contribution < 1.29 is 0 Å². The summed E-state index contributed by atoms with van der Waals surface area (Å²) in [5.74, 6) is 1.80. The molecule has 3 rings (SSSR count). The van der Waals surface area contributed by atoms with Gasteiger partial charge in [0, 0.05) is 18.7 Å². The molecule has 0 unspecified atom stereocenters. The Morgan fingerprint density at radius 3 is 2.41 bits per heavy atom. The molecule has 2 aromatic rings. The first-order valence-corrected chi connectivity index (χ1v) is 8.26. The molecule has 0 spiro atoms. The molecule has 2 N–H and O–H groups in total. The topological polar surface area (TPSA) is 49.8 Å². The third-order valence-electron chi connectivity index (χ3n) is 4.19. The van der Waals surface area contributed by atoms with Gasteiger partial charge in [-0.2, -0.15) is 0 Å². The Labute approximate surface area is 132 Å². The standard InChI is InChI=1S/C18H24N4/c1-2-7-11-16(10-6-1)22-18-12-17(20-14-21-18)19-13-15-8-4-3-5-9-15/h3-5,8-9,12,14,16H,1-2,6-7,10-11,13H2,(H2,19,20,21,22). The van der Waals surface area contributed by atoms with Gasteiger partial charge in [-0.15, -0.1) is 0 Å². The Kier molecular flexibility index (Phi) is 5.24. The van der Waals surface area contributed by atoms with Gasteiger partial charge in [-0.05, 0) is 18.4 Å². The van der Waals surface area contributed by atoms with E-state index in [2.05, 4.69) is 44.9 Å². The highest BCUT2D eigenvalue weighted by Gasteiger charge is 2.12. The first-order chi connectivity index (χ1) is 10.9. The molecule has 0 saturated heterocycles. The smallest absolute Gasteiger partial charge is 0.131 e. The third kappa shape index (κ3) is 4.45. The summed E-state index contributed by atoms with van der Waals surface area (Å²) in [5, 5.41) is 6.93. The molecule has 1 fully saturated rings. The molecule has 1 aliphatic carbocycles. The number of nitrogens with one attached hydrogen (secondary N) is 2. The van der Waals surface area contributed by atoms with Gasteiger partial charge in [-0.3, -0.25) is 0 Å². The average Bonchev–Trinajstić information content (AvgIpc) is 2.83. The van der Waals surface area contributed by atoms with Crippen LogP contribution in [0.3, 0.4) is 0 Å². The molecular weight excluding hydrogens is 272 g/mol. The fraction of sp³-hybridized carbons (Fsp3) is 0.444. The van der Waals surface area contributed by atoms with E-state index in [0.717, 1.165) is 18.2 Å². The monoisotopic (exact) mass is 296 g/mol. The van der Waals surface area contributed by atoms with Crippen LogP contribution in [0.5, 0.6) is 0 Å². The van der Waals surface area contributed by atoms with Crippen molar-refractivity contribution in [2.75, 3.05) is 10.6 Å². The molecular formula is C18H24N4. The Bertz CT molecular complexity index is 562. The predicted octanol–water partition coefficient (Wildman–Crippen LogP) is 4.22. The van der Waals surface area contributed by atoms with Crippen LogP contribution in [-0.4, -0.2) is 16.0 Å². The summed E-state index contributed by atoms with van der Waals surface area (Å²) in [6.45, 7) is 0.778. The predicted molar refractivity (Wildman–Crippen MR) is 90.9 cm³/mol. The zero-order chi connectivity index (χ0) is 15.0. The lowest BCUT2D eigenvalue weighted by molar-refractivity contribution is 0.617. The molecule has 0 atom stereocenters. The van der Waals surface area contributed by atoms with Crippen LogP contribution in [-0.2, 0) is 6.54 Å². The second-order valence-corrected chi connectivity index (χ2v) is 5.96. The van der Waals surface area contributed by atoms with Gasteiger partial charge in [0.05, 0.1) is 0 Å². The van der Waals surface area contributed by atoms with Crippen molar-refractivity contribution >= 4 is 11.6 Å². The van der Waals surface area contributed by atoms with Crippen LogP contribution in [0.1, 0.15) is 44.1 Å². The number of anilines is 2. The molecule has 1 aliphatic rings. The maximum atomic E-state index is 4.36. The SMILES string of the molecule is c1ccc(CNc2cc(NC3CCCCCC3)ncn2)cc1. The van der Waals surface area contributed by atoms with Crippen LogP contribution in [0, 0.1) is 0 Å². The zero-order valence-electron chi connectivity index (χ0n) is 13.0. The van der Waals surface area contributed by atoms with Crippen LogP contribution in [0.15, 0.2) is 42.7 Å². The van der Waals surface area contributed by atoms with E-state index in [4.69, 9.17) is 0 Å². The number of rotatable bonds is 5. The van der Waals surface area contributed by atoms with E-state index < -0.39 is 0 Å². The second-order valence-electron chi connectivity index (χ2n) is 5.96. The van der Waals surface area contributed by atoms with Gasteiger partial charge in [0.2, 0.25) is 0 Å². The highest BCUT2D eigenvalue weighted by molar-refractivity contribution is 5.47. The van der Waals surface area contributed by atoms with E-state index in [-0.39, 0.29) is 0 Å². The molecule has 0 radical (unpaired) electrons. The van der Waals surface area contributed by atoms with Crippen LogP contribution in [0.25, 0.3) is 0 Å². The van der Waals surface area contributed by atoms with Crippen LogP contribution in [0.2, 0.25) is 0 Å². The molecule has 1 heterocycles. The summed E-state index contributed by atoms with van der Waals surface area (Å²) < 4.78 is 0. The largest absolute Gasteiger partial charge is 0.367 e. The molecule has 22 heavy (non-hydrogen) atoms. The van der Waals surface area contributed by atoms with E-state index in [1.165, 1.54) is 44.1 Å². The summed E-state index contributed by atoms with van der Waals surface area (Å²) in [6.07, 6.45) is 9.50. The van der Waals surface area contributed by atoms with Crippen LogP contribution in [0.4, 0.5) is 11.6 Å². The minimum Gasteiger partial charge on any atom is -0.367 e. The highest BCUT2D eigenvalue weighted by atomic mass is 15.1. The van der Waals surface area contributed by atoms with Gasteiger partial charge < -0.3 is 10.6 Å². The molecule has 4 heteroatoms. The zero-order valence-corrected chi connectivity index (χ0v) is 13.0. The van der Waals surface area contributed by atoms with Crippen molar-refractivity contribution in [3.8, 4) is 0 Å². The third-order valence-corrected chi connectivity index (χ3v) is 4.19. The lowest BCUT2D eigenvalue weighted by Crippen LogP contribution is -2.19. The second kappa shape index (κ2) is 7.78. The van der Waals surface area contributed by atoms with Gasteiger partial charge in [-0.25, -0.2) is 9.97 Å². The fourth-order valence-corrected chi connectivity index (χ4v) is 2.95. The molecule has 1 saturated carbocycles. The van der Waals surface area contributed by atoms with Gasteiger partial charge in [0.15, 0.2) is 0 Å². The quantitative estimate of drug-likeness (QED) is 0.811. The molecule has 1 aromatic carbocycles. The summed E-state index contributed by atoms with van der Waals surface area (Å²) in [5.41, 5.74) is 1.25. The molecule has 0 amide bonds. The number of nitrogens with zero attached hydrogens (tertiary/aromatic N) is 2. The van der Waals surface area contributed by atoms with Crippen LogP contribution >= 0.6 is 0 Å². The van der Waals surface area contributed by atoms with Crippen molar-refractivity contribution in [1.29, 1.82) is 0 Å². The van der Waals surface area contributed by atoms with Crippen molar-refractivity contribution in [3.05, 3.63) is 48.3 Å². The molecule has 0 aliphatic heterocycles. The Balaban J connectivity index is 1.57. The van der Waals surface area contributed by atoms with Gasteiger partial charge in [0.1, 0.15) is 18.0 Å². The summed E-state index contributed by atoms with van der Waals surface area (Å²) >= 11 is 0. The summed E-state index contributed by atoms with van der Waals surface area (Å²) in [7, 11) is 0. The minimum atomic E-state index is 0.555. The molecule has 0 bridgehead atoms. The Morgan fingerprint density at radius 2 is 1.64 bits per heavy atom. The number of hydrogen-bond donors (Lipinski definition) is 2. The highest BCUT2D eigenvalue weighted by Crippen LogP contribution is 2.21. The average molecular weight is 296 g/mol. The lowest BCUT2D eigenvalue weighted by Gasteiger charge is -2.17. The maximum absolute atomic E-state index is 4.36. The van der Waals surface area contributed by atoms with Crippen molar-refractivity contribution in [3.63, 3.8) is 0 Å². The minimum absolute atomic E-state index is 0.555. The normalized spacial score (nSPS) is 16.0. The van der Waals surface area contributed by atoms with E-state index in [1.807, 2.05) is 12.1 Å². The van der Waals surface area contributed by atoms with E-state index in [9.17, 15) is 0 Å². The molecule has 1 aromatic heterocycles. The molecule has 116 valence electrons. The fourth-order valence-electron chi connectivity index (χ4n) is 2.95. The van der Waals surface area contributed by atoms with E-state index in [0.29, 0.717) is 6.04 Å². The first kappa shape index (κ1) is 14.8. The number of benzene rings is 1. The Hall–Kier alpha value is -2.10. The van der Waals surface area contributed by atoms with Gasteiger partial charge in [0.25, 0.3) is 0 Å². The first-order valence-electron chi connectivity index (χ1n) is 8.26. The summed E-state index contributed by atoms with van der Waals surface area (Å²) in [6, 6.07) is 12.9. The van der Waals surface area contributed by atoms with Crippen molar-refractivity contribution in [2.45, 2.75) is 51.1 Å². The molecule has 4 nitrogen and oxygen atoms in total. The lowest BCUT2D eigenvalue weighted by atomic mass is 10.1. The Morgan fingerprint density at radius 1 is 0.909 bits per heavy atom. The van der Waals surface area contributed by atoms with Gasteiger partial charge in [-0.1, -0.05) is 56.0 Å².